The first-order chi connectivity index (χ1) is 37.7. The summed E-state index contributed by atoms with van der Waals surface area (Å²) in [6, 6.07) is 68.8. The predicted octanol–water partition coefficient (Wildman–Crippen LogP) is 15.6. The molecule has 8 nitrogen and oxygen atoms in total. The summed E-state index contributed by atoms with van der Waals surface area (Å²) >= 11 is 0. The molecule has 0 aliphatic rings. The van der Waals surface area contributed by atoms with Crippen LogP contribution in [0.1, 0.15) is 86.1 Å². The molecule has 9 aromatic carbocycles. The highest BCUT2D eigenvalue weighted by Crippen LogP contribution is 2.35. The van der Waals surface area contributed by atoms with Gasteiger partial charge in [0.15, 0.2) is 10.9 Å². The Hall–Kier alpha value is -8.88. The Labute approximate surface area is 455 Å². The lowest BCUT2D eigenvalue weighted by molar-refractivity contribution is 0.289. The molecule has 11 rings (SSSR count). The Balaban J connectivity index is 1.10. The van der Waals surface area contributed by atoms with E-state index in [0.29, 0.717) is 95.1 Å². The van der Waals surface area contributed by atoms with Gasteiger partial charge in [-0.25, -0.2) is 0 Å². The zero-order valence-corrected chi connectivity index (χ0v) is 45.2. The van der Waals surface area contributed by atoms with Gasteiger partial charge in [0.1, 0.15) is 49.4 Å². The van der Waals surface area contributed by atoms with Gasteiger partial charge < -0.3 is 28.1 Å². The molecule has 78 heavy (non-hydrogen) atoms. The number of pyridine rings is 2. The fraction of sp³-hybridized carbons (Fsp3) is 0.200. The summed E-state index contributed by atoms with van der Waals surface area (Å²) in [7, 11) is 0. The van der Waals surface area contributed by atoms with Crippen molar-refractivity contribution in [2.75, 3.05) is 0 Å². The van der Waals surface area contributed by atoms with Gasteiger partial charge >= 0.3 is 0 Å². The molecule has 8 heteroatoms. The first kappa shape index (κ1) is 51.2. The molecule has 0 N–H and O–H groups in total. The quantitative estimate of drug-likeness (QED) is 0.0897. The van der Waals surface area contributed by atoms with E-state index in [1.807, 2.05) is 182 Å². The second-order valence-corrected chi connectivity index (χ2v) is 22.4. The average molecular weight is 1030 g/mol. The molecule has 0 aliphatic heterocycles. The summed E-state index contributed by atoms with van der Waals surface area (Å²) in [5, 5.41) is 2.20. The molecule has 11 aromatic rings. The van der Waals surface area contributed by atoms with Gasteiger partial charge in [0, 0.05) is 46.8 Å². The number of hydrogen-bond acceptors (Lipinski definition) is 6. The number of nitrogens with zero attached hydrogens (tertiary/aromatic N) is 2. The molecule has 0 amide bonds. The van der Waals surface area contributed by atoms with Gasteiger partial charge in [0.2, 0.25) is 0 Å². The van der Waals surface area contributed by atoms with Crippen molar-refractivity contribution in [2.24, 2.45) is 0 Å². The number of benzene rings is 9. The van der Waals surface area contributed by atoms with Crippen LogP contribution in [0.2, 0.25) is 0 Å². The molecule has 0 bridgehead atoms. The third kappa shape index (κ3) is 11.3. The van der Waals surface area contributed by atoms with Gasteiger partial charge in [0.05, 0.1) is 22.1 Å². The predicted molar refractivity (Wildman–Crippen MR) is 317 cm³/mol. The monoisotopic (exact) mass is 1030 g/mol. The van der Waals surface area contributed by atoms with Crippen LogP contribution in [-0.2, 0) is 50.3 Å². The number of aromatic nitrogens is 2. The molecular formula is C70H64N2O6. The highest BCUT2D eigenvalue weighted by Gasteiger charge is 2.23. The van der Waals surface area contributed by atoms with E-state index in [4.69, 9.17) is 18.9 Å². The molecule has 2 heterocycles. The third-order valence-electron chi connectivity index (χ3n) is 14.5. The third-order valence-corrected chi connectivity index (χ3v) is 14.5. The Morgan fingerprint density at radius 3 is 0.872 bits per heavy atom. The van der Waals surface area contributed by atoms with Crippen LogP contribution >= 0.6 is 0 Å². The Kier molecular flexibility index (Phi) is 14.2. The molecule has 0 unspecified atom stereocenters. The molecule has 0 spiro atoms. The van der Waals surface area contributed by atoms with Crippen molar-refractivity contribution in [3.63, 3.8) is 0 Å². The summed E-state index contributed by atoms with van der Waals surface area (Å²) in [5.74, 6) is 2.62. The highest BCUT2D eigenvalue weighted by atomic mass is 16.5. The van der Waals surface area contributed by atoms with E-state index in [0.717, 1.165) is 55.5 Å². The van der Waals surface area contributed by atoms with E-state index < -0.39 is 0 Å². The van der Waals surface area contributed by atoms with E-state index in [-0.39, 0.29) is 21.7 Å². The minimum absolute atomic E-state index is 0.105. The van der Waals surface area contributed by atoms with E-state index in [9.17, 15) is 0 Å². The van der Waals surface area contributed by atoms with E-state index in [1.165, 1.54) is 0 Å². The normalized spacial score (nSPS) is 11.9. The second-order valence-electron chi connectivity index (χ2n) is 22.4. The van der Waals surface area contributed by atoms with Crippen LogP contribution in [0.25, 0.3) is 43.6 Å². The standard InChI is InChI=1S/C70H64N2O6/c1-69(2,3)53-27-29-63-59(35-53)67(73)61-39-66-62(40-65(61)71(63)41-51-31-55(75-43-47-19-11-7-12-20-47)37-56(32-51)76-44-48-21-13-8-14-22-48)68(74)60-36-54(70(4,5)6)28-30-64(60)72(66)42-52-33-57(77-45-49-23-15-9-16-24-49)38-58(34-52)78-46-50-25-17-10-18-26-50/h7-40H,41-46H2,1-6H3. The summed E-state index contributed by atoms with van der Waals surface area (Å²) in [5.41, 5.74) is 10.2. The number of fused-ring (bicyclic) bond motifs is 4. The van der Waals surface area contributed by atoms with Gasteiger partial charge in [-0.05, 0) is 116 Å². The minimum atomic E-state index is -0.229. The zero-order chi connectivity index (χ0) is 54.0. The van der Waals surface area contributed by atoms with Gasteiger partial charge in [-0.3, -0.25) is 9.59 Å². The lowest BCUT2D eigenvalue weighted by atomic mass is 9.86. The maximum Gasteiger partial charge on any atom is 0.197 e. The molecule has 0 atom stereocenters. The van der Waals surface area contributed by atoms with Crippen molar-refractivity contribution in [3.8, 4) is 23.0 Å². The van der Waals surface area contributed by atoms with Crippen molar-refractivity contribution < 1.29 is 18.9 Å². The maximum atomic E-state index is 15.4. The SMILES string of the molecule is CC(C)(C)c1ccc2c(c1)c(=O)c1cc3c(cc1n2Cc1cc(OCc2ccccc2)cc(OCc2ccccc2)c1)c(=O)c1cc(C(C)(C)C)ccc1n3Cc1cc(OCc2ccccc2)cc(OCc2ccccc2)c1. The van der Waals surface area contributed by atoms with Crippen molar-refractivity contribution in [1.82, 2.24) is 9.13 Å². The first-order valence-corrected chi connectivity index (χ1v) is 26.8. The maximum absolute atomic E-state index is 15.4. The topological polar surface area (TPSA) is 80.9 Å². The number of hydrogen-bond donors (Lipinski definition) is 0. The number of ether oxygens (including phenoxy) is 4. The second kappa shape index (κ2) is 21.6. The molecule has 2 aromatic heterocycles. The fourth-order valence-electron chi connectivity index (χ4n) is 10.2. The van der Waals surface area contributed by atoms with E-state index >= 15 is 9.59 Å². The van der Waals surface area contributed by atoms with Crippen LogP contribution in [-0.4, -0.2) is 9.13 Å². The lowest BCUT2D eigenvalue weighted by Gasteiger charge is -2.23. The van der Waals surface area contributed by atoms with Crippen LogP contribution < -0.4 is 29.8 Å². The Morgan fingerprint density at radius 2 is 0.590 bits per heavy atom. The summed E-state index contributed by atoms with van der Waals surface area (Å²) in [4.78, 5) is 30.9. The first-order valence-electron chi connectivity index (χ1n) is 26.8. The lowest BCUT2D eigenvalue weighted by Crippen LogP contribution is -2.18. The van der Waals surface area contributed by atoms with E-state index in [1.54, 1.807) is 0 Å². The van der Waals surface area contributed by atoms with Crippen molar-refractivity contribution in [3.05, 3.63) is 271 Å². The highest BCUT2D eigenvalue weighted by molar-refractivity contribution is 6.04. The molecule has 0 aliphatic carbocycles. The van der Waals surface area contributed by atoms with Crippen molar-refractivity contribution in [1.29, 1.82) is 0 Å². The van der Waals surface area contributed by atoms with Crippen LogP contribution in [0.3, 0.4) is 0 Å². The van der Waals surface area contributed by atoms with Gasteiger partial charge in [-0.1, -0.05) is 175 Å². The van der Waals surface area contributed by atoms with Gasteiger partial charge in [-0.15, -0.1) is 0 Å². The summed E-state index contributed by atoms with van der Waals surface area (Å²) in [6.07, 6.45) is 0. The smallest absolute Gasteiger partial charge is 0.197 e. The summed E-state index contributed by atoms with van der Waals surface area (Å²) < 4.78 is 30.4. The average Bonchev–Trinajstić information content (AvgIpc) is 3.65. The van der Waals surface area contributed by atoms with Crippen LogP contribution in [0, 0.1) is 0 Å². The van der Waals surface area contributed by atoms with Gasteiger partial charge in [0.25, 0.3) is 0 Å². The Morgan fingerprint density at radius 1 is 0.308 bits per heavy atom. The molecular weight excluding hydrogens is 965 g/mol. The minimum Gasteiger partial charge on any atom is -0.489 e. The van der Waals surface area contributed by atoms with Crippen LogP contribution in [0.4, 0.5) is 0 Å². The van der Waals surface area contributed by atoms with Gasteiger partial charge in [-0.2, -0.15) is 0 Å². The van der Waals surface area contributed by atoms with Crippen LogP contribution in [0.15, 0.2) is 216 Å². The Bertz CT molecular complexity index is 3690. The fourth-order valence-corrected chi connectivity index (χ4v) is 10.2. The van der Waals surface area contributed by atoms with Crippen molar-refractivity contribution >= 4 is 43.6 Å². The number of rotatable bonds is 16. The molecule has 0 saturated heterocycles. The molecule has 390 valence electrons. The summed E-state index contributed by atoms with van der Waals surface area (Å²) in [6.45, 7) is 15.1. The van der Waals surface area contributed by atoms with Crippen molar-refractivity contribution in [2.45, 2.75) is 91.9 Å². The molecule has 0 saturated carbocycles. The molecule has 0 fully saturated rings. The van der Waals surface area contributed by atoms with Crippen LogP contribution in [0.5, 0.6) is 23.0 Å². The largest absolute Gasteiger partial charge is 0.489 e. The zero-order valence-electron chi connectivity index (χ0n) is 45.2. The molecule has 0 radical (unpaired) electrons. The van der Waals surface area contributed by atoms with E-state index in [2.05, 4.69) is 74.9 Å².